The normalized spacial score (nSPS) is 12.2. The molecule has 1 atom stereocenters. The Balaban J connectivity index is 1.90. The Morgan fingerprint density at radius 2 is 2.20 bits per heavy atom. The van der Waals surface area contributed by atoms with Crippen molar-refractivity contribution in [1.82, 2.24) is 10.3 Å². The summed E-state index contributed by atoms with van der Waals surface area (Å²) < 4.78 is 18.9. The Kier molecular flexibility index (Phi) is 5.07. The molecule has 4 heteroatoms. The van der Waals surface area contributed by atoms with E-state index in [0.717, 1.165) is 13.0 Å². The Bertz CT molecular complexity index is 545. The van der Waals surface area contributed by atoms with Crippen LogP contribution in [0.15, 0.2) is 42.7 Å². The van der Waals surface area contributed by atoms with Gasteiger partial charge in [0.15, 0.2) is 0 Å². The molecule has 1 unspecified atom stereocenters. The highest BCUT2D eigenvalue weighted by molar-refractivity contribution is 5.30. The van der Waals surface area contributed by atoms with Gasteiger partial charge in [-0.15, -0.1) is 0 Å². The SMILES string of the molecule is COc1ccc(C(C)NCCc2cccnc2)c(F)c1. The predicted molar refractivity (Wildman–Crippen MR) is 77.3 cm³/mol. The molecule has 0 aliphatic heterocycles. The number of nitrogens with zero attached hydrogens (tertiary/aromatic N) is 1. The minimum atomic E-state index is -0.245. The van der Waals surface area contributed by atoms with Crippen LogP contribution in [0.25, 0.3) is 0 Å². The summed E-state index contributed by atoms with van der Waals surface area (Å²) in [5.74, 6) is 0.291. The van der Waals surface area contributed by atoms with Gasteiger partial charge in [-0.25, -0.2) is 4.39 Å². The van der Waals surface area contributed by atoms with Gasteiger partial charge >= 0.3 is 0 Å². The number of aromatic nitrogens is 1. The van der Waals surface area contributed by atoms with Crippen LogP contribution in [0.5, 0.6) is 5.75 Å². The van der Waals surface area contributed by atoms with Crippen LogP contribution in [0.3, 0.4) is 0 Å². The lowest BCUT2D eigenvalue weighted by Crippen LogP contribution is -2.22. The van der Waals surface area contributed by atoms with Crippen molar-refractivity contribution in [2.75, 3.05) is 13.7 Å². The first-order valence-electron chi connectivity index (χ1n) is 6.66. The van der Waals surface area contributed by atoms with Crippen LogP contribution in [0.4, 0.5) is 4.39 Å². The average Bonchev–Trinajstić information content (AvgIpc) is 2.48. The average molecular weight is 274 g/mol. The number of ether oxygens (including phenoxy) is 1. The zero-order valence-electron chi connectivity index (χ0n) is 11.8. The Hall–Kier alpha value is -1.94. The van der Waals surface area contributed by atoms with Crippen molar-refractivity contribution in [3.8, 4) is 5.75 Å². The van der Waals surface area contributed by atoms with Gasteiger partial charge in [0.1, 0.15) is 11.6 Å². The number of methoxy groups -OCH3 is 1. The maximum Gasteiger partial charge on any atom is 0.131 e. The highest BCUT2D eigenvalue weighted by Crippen LogP contribution is 2.21. The molecule has 1 aromatic heterocycles. The third-order valence-corrected chi connectivity index (χ3v) is 3.26. The molecule has 2 rings (SSSR count). The molecule has 3 nitrogen and oxygen atoms in total. The number of rotatable bonds is 6. The molecule has 0 radical (unpaired) electrons. The monoisotopic (exact) mass is 274 g/mol. The quantitative estimate of drug-likeness (QED) is 0.878. The van der Waals surface area contributed by atoms with Crippen LogP contribution in [0.1, 0.15) is 24.1 Å². The molecule has 2 aromatic rings. The molecule has 0 saturated carbocycles. The molecule has 1 aromatic carbocycles. The molecule has 0 spiro atoms. The van der Waals surface area contributed by atoms with E-state index in [1.54, 1.807) is 18.3 Å². The number of halogens is 1. The number of benzene rings is 1. The van der Waals surface area contributed by atoms with Gasteiger partial charge in [0.05, 0.1) is 7.11 Å². The molecule has 0 aliphatic rings. The van der Waals surface area contributed by atoms with Gasteiger partial charge in [0.2, 0.25) is 0 Å². The van der Waals surface area contributed by atoms with Crippen molar-refractivity contribution >= 4 is 0 Å². The van der Waals surface area contributed by atoms with Gasteiger partial charge in [-0.3, -0.25) is 4.98 Å². The van der Waals surface area contributed by atoms with Gasteiger partial charge < -0.3 is 10.1 Å². The minimum absolute atomic E-state index is 0.0439. The summed E-state index contributed by atoms with van der Waals surface area (Å²) in [5.41, 5.74) is 1.82. The van der Waals surface area contributed by atoms with Gasteiger partial charge in [-0.1, -0.05) is 12.1 Å². The van der Waals surface area contributed by atoms with E-state index < -0.39 is 0 Å². The third-order valence-electron chi connectivity index (χ3n) is 3.26. The van der Waals surface area contributed by atoms with Gasteiger partial charge in [-0.05, 0) is 37.6 Å². The van der Waals surface area contributed by atoms with Crippen molar-refractivity contribution in [3.63, 3.8) is 0 Å². The molecule has 0 fully saturated rings. The maximum atomic E-state index is 13.9. The van der Waals surface area contributed by atoms with Crippen molar-refractivity contribution in [1.29, 1.82) is 0 Å². The lowest BCUT2D eigenvalue weighted by atomic mass is 10.1. The molecule has 106 valence electrons. The minimum Gasteiger partial charge on any atom is -0.497 e. The van der Waals surface area contributed by atoms with E-state index in [9.17, 15) is 4.39 Å². The lowest BCUT2D eigenvalue weighted by molar-refractivity contribution is 0.409. The second-order valence-electron chi connectivity index (χ2n) is 4.67. The summed E-state index contributed by atoms with van der Waals surface area (Å²) in [6, 6.07) is 8.86. The van der Waals surface area contributed by atoms with E-state index in [0.29, 0.717) is 11.3 Å². The Morgan fingerprint density at radius 3 is 2.85 bits per heavy atom. The number of pyridine rings is 1. The highest BCUT2D eigenvalue weighted by Gasteiger charge is 2.11. The summed E-state index contributed by atoms with van der Waals surface area (Å²) in [4.78, 5) is 4.07. The van der Waals surface area contributed by atoms with Crippen molar-refractivity contribution in [2.24, 2.45) is 0 Å². The summed E-state index contributed by atoms with van der Waals surface area (Å²) in [5, 5.41) is 3.32. The van der Waals surface area contributed by atoms with Gasteiger partial charge in [0.25, 0.3) is 0 Å². The third kappa shape index (κ3) is 3.78. The summed E-state index contributed by atoms with van der Waals surface area (Å²) in [7, 11) is 1.53. The molecule has 1 heterocycles. The highest BCUT2D eigenvalue weighted by atomic mass is 19.1. The first-order chi connectivity index (χ1) is 9.70. The van der Waals surface area contributed by atoms with Gasteiger partial charge in [0, 0.05) is 30.1 Å². The second kappa shape index (κ2) is 7.01. The Morgan fingerprint density at radius 1 is 1.35 bits per heavy atom. The van der Waals surface area contributed by atoms with Crippen LogP contribution in [0.2, 0.25) is 0 Å². The largest absolute Gasteiger partial charge is 0.497 e. The lowest BCUT2D eigenvalue weighted by Gasteiger charge is -2.15. The molecular weight excluding hydrogens is 255 g/mol. The van der Waals surface area contributed by atoms with Crippen LogP contribution in [0, 0.1) is 5.82 Å². The summed E-state index contributed by atoms with van der Waals surface area (Å²) in [6.45, 7) is 2.73. The van der Waals surface area contributed by atoms with Crippen molar-refractivity contribution in [3.05, 3.63) is 59.7 Å². The smallest absolute Gasteiger partial charge is 0.131 e. The Labute approximate surface area is 118 Å². The fraction of sp³-hybridized carbons (Fsp3) is 0.312. The van der Waals surface area contributed by atoms with E-state index >= 15 is 0 Å². The maximum absolute atomic E-state index is 13.9. The summed E-state index contributed by atoms with van der Waals surface area (Å²) >= 11 is 0. The van der Waals surface area contributed by atoms with E-state index in [1.807, 2.05) is 25.3 Å². The first kappa shape index (κ1) is 14.5. The molecule has 1 N–H and O–H groups in total. The fourth-order valence-corrected chi connectivity index (χ4v) is 2.07. The second-order valence-corrected chi connectivity index (χ2v) is 4.67. The van der Waals surface area contributed by atoms with E-state index in [2.05, 4.69) is 10.3 Å². The van der Waals surface area contributed by atoms with Crippen LogP contribution < -0.4 is 10.1 Å². The molecule has 0 bridgehead atoms. The molecule has 20 heavy (non-hydrogen) atoms. The first-order valence-corrected chi connectivity index (χ1v) is 6.66. The number of hydrogen-bond acceptors (Lipinski definition) is 3. The van der Waals surface area contributed by atoms with Crippen molar-refractivity contribution < 1.29 is 9.13 Å². The molecular formula is C16H19FN2O. The molecule has 0 amide bonds. The van der Waals surface area contributed by atoms with Gasteiger partial charge in [-0.2, -0.15) is 0 Å². The van der Waals surface area contributed by atoms with E-state index in [1.165, 1.54) is 18.7 Å². The topological polar surface area (TPSA) is 34.1 Å². The summed E-state index contributed by atoms with van der Waals surface area (Å²) in [6.07, 6.45) is 4.47. The number of hydrogen-bond donors (Lipinski definition) is 1. The zero-order valence-corrected chi connectivity index (χ0v) is 11.8. The zero-order chi connectivity index (χ0) is 14.4. The van der Waals surface area contributed by atoms with Crippen molar-refractivity contribution in [2.45, 2.75) is 19.4 Å². The van der Waals surface area contributed by atoms with Crippen LogP contribution in [-0.2, 0) is 6.42 Å². The predicted octanol–water partition coefficient (Wildman–Crippen LogP) is 3.12. The van der Waals surface area contributed by atoms with E-state index in [4.69, 9.17) is 4.74 Å². The molecule has 0 aliphatic carbocycles. The number of nitrogens with one attached hydrogen (secondary N) is 1. The molecule has 0 saturated heterocycles. The van der Waals surface area contributed by atoms with E-state index in [-0.39, 0.29) is 11.9 Å². The fourth-order valence-electron chi connectivity index (χ4n) is 2.07. The standard InChI is InChI=1S/C16H19FN2O/c1-12(15-6-5-14(20-2)10-16(15)17)19-9-7-13-4-3-8-18-11-13/h3-6,8,10-12,19H,7,9H2,1-2H3. The van der Waals surface area contributed by atoms with Crippen LogP contribution >= 0.6 is 0 Å². The van der Waals surface area contributed by atoms with Crippen LogP contribution in [-0.4, -0.2) is 18.6 Å².